The first-order chi connectivity index (χ1) is 13.0. The molecule has 2 aromatic carbocycles. The van der Waals surface area contributed by atoms with E-state index < -0.39 is 12.1 Å². The van der Waals surface area contributed by atoms with Gasteiger partial charge >= 0.3 is 0 Å². The minimum absolute atomic E-state index is 0.0729. The van der Waals surface area contributed by atoms with E-state index in [9.17, 15) is 9.59 Å². The normalized spacial score (nSPS) is 24.2. The Morgan fingerprint density at radius 3 is 2.19 bits per heavy atom. The van der Waals surface area contributed by atoms with E-state index in [4.69, 9.17) is 5.73 Å². The highest BCUT2D eigenvalue weighted by Gasteiger charge is 2.39. The molecule has 27 heavy (non-hydrogen) atoms. The number of benzene rings is 2. The van der Waals surface area contributed by atoms with Crippen molar-refractivity contribution in [1.29, 1.82) is 0 Å². The monoisotopic (exact) mass is 365 g/mol. The average Bonchev–Trinajstić information content (AvgIpc) is 2.81. The van der Waals surface area contributed by atoms with Crippen LogP contribution >= 0.6 is 0 Å². The summed E-state index contributed by atoms with van der Waals surface area (Å²) in [7, 11) is 1.80. The number of carbonyl (C=O) groups excluding carboxylic acids is 2. The molecule has 0 unspecified atom stereocenters. The molecule has 0 aliphatic carbocycles. The van der Waals surface area contributed by atoms with Gasteiger partial charge < -0.3 is 16.0 Å². The van der Waals surface area contributed by atoms with Gasteiger partial charge in [-0.2, -0.15) is 0 Å². The summed E-state index contributed by atoms with van der Waals surface area (Å²) in [5.74, 6) is -0.295. The van der Waals surface area contributed by atoms with E-state index in [0.29, 0.717) is 6.54 Å². The lowest BCUT2D eigenvalue weighted by molar-refractivity contribution is -0.135. The van der Waals surface area contributed by atoms with E-state index in [2.05, 4.69) is 17.4 Å². The summed E-state index contributed by atoms with van der Waals surface area (Å²) < 4.78 is 0. The minimum atomic E-state index is -0.660. The molecule has 4 atom stereocenters. The van der Waals surface area contributed by atoms with Gasteiger partial charge in [-0.05, 0) is 24.5 Å². The van der Waals surface area contributed by atoms with E-state index >= 15 is 0 Å². The Kier molecular flexibility index (Phi) is 5.91. The second kappa shape index (κ2) is 8.35. The number of rotatable bonds is 4. The summed E-state index contributed by atoms with van der Waals surface area (Å²) in [5, 5.41) is 2.90. The standard InChI is InChI=1S/C22H27N3O2/c1-15(23)21(26)24-20-19(17-11-7-4-8-12-17)13-18(14-25(2)22(20)27)16-9-5-3-6-10-16/h3-12,15,18-20H,13-14,23H2,1-2H3,(H,24,26)/t15-,18-,19+,20-/m0/s1. The predicted octanol–water partition coefficient (Wildman–Crippen LogP) is 2.25. The fourth-order valence-electron chi connectivity index (χ4n) is 3.79. The van der Waals surface area contributed by atoms with Crippen molar-refractivity contribution < 1.29 is 9.59 Å². The maximum Gasteiger partial charge on any atom is 0.245 e. The van der Waals surface area contributed by atoms with Gasteiger partial charge in [0.25, 0.3) is 0 Å². The first-order valence-electron chi connectivity index (χ1n) is 9.38. The highest BCUT2D eigenvalue weighted by Crippen LogP contribution is 2.36. The molecule has 2 aromatic rings. The quantitative estimate of drug-likeness (QED) is 0.873. The van der Waals surface area contributed by atoms with Crippen molar-refractivity contribution in [3.05, 3.63) is 71.8 Å². The minimum Gasteiger partial charge on any atom is -0.343 e. The molecule has 0 spiro atoms. The third-order valence-electron chi connectivity index (χ3n) is 5.29. The van der Waals surface area contributed by atoms with Crippen molar-refractivity contribution in [3.8, 4) is 0 Å². The Morgan fingerprint density at radius 1 is 1.07 bits per heavy atom. The van der Waals surface area contributed by atoms with Crippen molar-refractivity contribution >= 4 is 11.8 Å². The first-order valence-corrected chi connectivity index (χ1v) is 9.38. The van der Waals surface area contributed by atoms with Crippen LogP contribution in [0.5, 0.6) is 0 Å². The maximum absolute atomic E-state index is 13.1. The molecular formula is C22H27N3O2. The fourth-order valence-corrected chi connectivity index (χ4v) is 3.79. The van der Waals surface area contributed by atoms with E-state index in [1.165, 1.54) is 5.56 Å². The summed E-state index contributed by atoms with van der Waals surface area (Å²) in [6.07, 6.45) is 0.772. The Morgan fingerprint density at radius 2 is 1.63 bits per heavy atom. The van der Waals surface area contributed by atoms with Crippen LogP contribution in [0.3, 0.4) is 0 Å². The highest BCUT2D eigenvalue weighted by molar-refractivity contribution is 5.90. The molecule has 1 saturated heterocycles. The second-order valence-electron chi connectivity index (χ2n) is 7.35. The lowest BCUT2D eigenvalue weighted by Crippen LogP contribution is -2.52. The van der Waals surface area contributed by atoms with Crippen LogP contribution in [0.15, 0.2) is 60.7 Å². The lowest BCUT2D eigenvalue weighted by atomic mass is 9.82. The molecule has 1 heterocycles. The number of nitrogens with two attached hydrogens (primary N) is 1. The molecule has 3 N–H and O–H groups in total. The molecular weight excluding hydrogens is 338 g/mol. The van der Waals surface area contributed by atoms with Crippen LogP contribution in [0.4, 0.5) is 0 Å². The number of carbonyl (C=O) groups is 2. The molecule has 0 bridgehead atoms. The van der Waals surface area contributed by atoms with Gasteiger partial charge in [-0.1, -0.05) is 60.7 Å². The average molecular weight is 365 g/mol. The summed E-state index contributed by atoms with van der Waals surface area (Å²) in [4.78, 5) is 27.2. The van der Waals surface area contributed by atoms with Crippen LogP contribution in [0.2, 0.25) is 0 Å². The Bertz CT molecular complexity index is 777. The molecule has 0 radical (unpaired) electrons. The Balaban J connectivity index is 1.99. The zero-order chi connectivity index (χ0) is 19.4. The third-order valence-corrected chi connectivity index (χ3v) is 5.29. The lowest BCUT2D eigenvalue weighted by Gasteiger charge is -2.28. The van der Waals surface area contributed by atoms with Crippen molar-refractivity contribution in [2.24, 2.45) is 5.73 Å². The summed E-state index contributed by atoms with van der Waals surface area (Å²) in [6.45, 7) is 2.25. The van der Waals surface area contributed by atoms with Crippen molar-refractivity contribution in [1.82, 2.24) is 10.2 Å². The first kappa shape index (κ1) is 19.1. The van der Waals surface area contributed by atoms with Crippen LogP contribution < -0.4 is 11.1 Å². The van der Waals surface area contributed by atoms with Crippen LogP contribution in [-0.2, 0) is 9.59 Å². The predicted molar refractivity (Wildman–Crippen MR) is 106 cm³/mol. The van der Waals surface area contributed by atoms with Gasteiger partial charge in [-0.3, -0.25) is 9.59 Å². The van der Waals surface area contributed by atoms with Gasteiger partial charge in [-0.25, -0.2) is 0 Å². The SMILES string of the molecule is C[C@H](N)C(=O)N[C@@H]1C(=O)N(C)C[C@@H](c2ccccc2)C[C@@H]1c1ccccc1. The molecule has 5 heteroatoms. The summed E-state index contributed by atoms with van der Waals surface area (Å²) in [6, 6.07) is 18.9. The molecule has 3 rings (SSSR count). The molecule has 0 aromatic heterocycles. The van der Waals surface area contributed by atoms with Crippen LogP contribution in [0.1, 0.15) is 36.3 Å². The van der Waals surface area contributed by atoms with Crippen LogP contribution in [0, 0.1) is 0 Å². The van der Waals surface area contributed by atoms with Gasteiger partial charge in [0.2, 0.25) is 11.8 Å². The van der Waals surface area contributed by atoms with Gasteiger partial charge in [0.05, 0.1) is 6.04 Å². The van der Waals surface area contributed by atoms with Crippen LogP contribution in [0.25, 0.3) is 0 Å². The number of hydrogen-bond donors (Lipinski definition) is 2. The van der Waals surface area contributed by atoms with Crippen molar-refractivity contribution in [3.63, 3.8) is 0 Å². The molecule has 1 aliphatic heterocycles. The van der Waals surface area contributed by atoms with Crippen molar-refractivity contribution in [2.75, 3.05) is 13.6 Å². The summed E-state index contributed by atoms with van der Waals surface area (Å²) >= 11 is 0. The Hall–Kier alpha value is -2.66. The fraction of sp³-hybridized carbons (Fsp3) is 0.364. The molecule has 2 amide bonds. The molecule has 5 nitrogen and oxygen atoms in total. The molecule has 0 saturated carbocycles. The van der Waals surface area contributed by atoms with Crippen LogP contribution in [-0.4, -0.2) is 42.4 Å². The van der Waals surface area contributed by atoms with Gasteiger partial charge in [-0.15, -0.1) is 0 Å². The Labute approximate surface area is 160 Å². The summed E-state index contributed by atoms with van der Waals surface area (Å²) in [5.41, 5.74) is 8.00. The largest absolute Gasteiger partial charge is 0.343 e. The highest BCUT2D eigenvalue weighted by atomic mass is 16.2. The van der Waals surface area contributed by atoms with E-state index in [1.54, 1.807) is 18.9 Å². The smallest absolute Gasteiger partial charge is 0.245 e. The van der Waals surface area contributed by atoms with E-state index in [0.717, 1.165) is 12.0 Å². The topological polar surface area (TPSA) is 75.4 Å². The van der Waals surface area contributed by atoms with Gasteiger partial charge in [0.1, 0.15) is 6.04 Å². The number of likely N-dealkylation sites (N-methyl/N-ethyl adjacent to an activating group) is 1. The molecule has 142 valence electrons. The number of likely N-dealkylation sites (tertiary alicyclic amines) is 1. The van der Waals surface area contributed by atoms with Gasteiger partial charge in [0, 0.05) is 25.4 Å². The number of amides is 2. The van der Waals surface area contributed by atoms with Gasteiger partial charge in [0.15, 0.2) is 0 Å². The van der Waals surface area contributed by atoms with E-state index in [1.807, 2.05) is 48.5 Å². The van der Waals surface area contributed by atoms with E-state index in [-0.39, 0.29) is 23.7 Å². The molecule has 1 fully saturated rings. The number of hydrogen-bond acceptors (Lipinski definition) is 3. The zero-order valence-corrected chi connectivity index (χ0v) is 15.8. The molecule has 1 aliphatic rings. The number of nitrogens with one attached hydrogen (secondary N) is 1. The zero-order valence-electron chi connectivity index (χ0n) is 15.8. The maximum atomic E-state index is 13.1. The number of nitrogens with zero attached hydrogens (tertiary/aromatic N) is 1. The second-order valence-corrected chi connectivity index (χ2v) is 7.35. The third kappa shape index (κ3) is 4.37. The van der Waals surface area contributed by atoms with Crippen molar-refractivity contribution in [2.45, 2.75) is 37.3 Å².